The molecule has 7 nitrogen and oxygen atoms in total. The number of carbonyl (C=O) groups is 3. The van der Waals surface area contributed by atoms with E-state index in [1.54, 1.807) is 0 Å². The lowest BCUT2D eigenvalue weighted by atomic mass is 10.3. The van der Waals surface area contributed by atoms with Gasteiger partial charge in [-0.25, -0.2) is 4.79 Å². The average molecular weight is 211 g/mol. The van der Waals surface area contributed by atoms with Crippen molar-refractivity contribution < 1.29 is 19.5 Å². The van der Waals surface area contributed by atoms with E-state index >= 15 is 0 Å². The monoisotopic (exact) mass is 211 g/mol. The number of ketones is 1. The molecule has 1 amide bonds. The number of rotatable bonds is 3. The van der Waals surface area contributed by atoms with E-state index in [2.05, 4.69) is 10.4 Å². The second kappa shape index (κ2) is 3.91. The summed E-state index contributed by atoms with van der Waals surface area (Å²) in [4.78, 5) is 32.4. The Bertz CT molecular complexity index is 435. The molecule has 1 aromatic heterocycles. The molecule has 0 aliphatic rings. The van der Waals surface area contributed by atoms with Crippen molar-refractivity contribution in [2.75, 3.05) is 5.32 Å². The largest absolute Gasteiger partial charge is 0.476 e. The zero-order valence-electron chi connectivity index (χ0n) is 8.14. The molecule has 0 saturated carbocycles. The quantitative estimate of drug-likeness (QED) is 0.665. The number of carboxylic acid groups (broad SMARTS) is 1. The third-order valence-electron chi connectivity index (χ3n) is 1.71. The molecule has 7 heteroatoms. The molecule has 1 heterocycles. The van der Waals surface area contributed by atoms with Crippen LogP contribution in [0.2, 0.25) is 0 Å². The van der Waals surface area contributed by atoms with Crippen LogP contribution < -0.4 is 5.32 Å². The molecule has 1 rings (SSSR count). The molecular weight excluding hydrogens is 202 g/mol. The van der Waals surface area contributed by atoms with Crippen LogP contribution in [0.5, 0.6) is 0 Å². The Labute approximate surface area is 84.7 Å². The van der Waals surface area contributed by atoms with Gasteiger partial charge in [-0.05, 0) is 0 Å². The van der Waals surface area contributed by atoms with Gasteiger partial charge >= 0.3 is 5.97 Å². The normalized spacial score (nSPS) is 9.73. The summed E-state index contributed by atoms with van der Waals surface area (Å²) in [6.45, 7) is 1.09. The van der Waals surface area contributed by atoms with Crippen LogP contribution in [-0.2, 0) is 16.6 Å². The minimum atomic E-state index is -1.23. The molecule has 0 aromatic carbocycles. The highest BCUT2D eigenvalue weighted by Crippen LogP contribution is 2.13. The van der Waals surface area contributed by atoms with Crippen molar-refractivity contribution in [3.8, 4) is 0 Å². The summed E-state index contributed by atoms with van der Waals surface area (Å²) < 4.78 is 1.10. The highest BCUT2D eigenvalue weighted by molar-refractivity contribution is 6.40. The van der Waals surface area contributed by atoms with Gasteiger partial charge in [0.05, 0.1) is 11.9 Å². The molecular formula is C8H9N3O4. The number of nitrogens with one attached hydrogen (secondary N) is 1. The number of hydrogen-bond acceptors (Lipinski definition) is 4. The van der Waals surface area contributed by atoms with Gasteiger partial charge in [0, 0.05) is 14.0 Å². The molecule has 2 N–H and O–H groups in total. The number of aromatic carboxylic acids is 1. The molecule has 0 spiro atoms. The van der Waals surface area contributed by atoms with E-state index in [0.29, 0.717) is 0 Å². The number of Topliss-reactive ketones (excluding diaryl/α,β-unsaturated/α-hetero) is 1. The van der Waals surface area contributed by atoms with Crippen molar-refractivity contribution in [1.29, 1.82) is 0 Å². The Morgan fingerprint density at radius 2 is 2.07 bits per heavy atom. The molecule has 0 atom stereocenters. The summed E-state index contributed by atoms with van der Waals surface area (Å²) in [5.74, 6) is -2.80. The lowest BCUT2D eigenvalue weighted by Crippen LogP contribution is -2.21. The second-order valence-corrected chi connectivity index (χ2v) is 2.85. The molecule has 0 aliphatic heterocycles. The van der Waals surface area contributed by atoms with Gasteiger partial charge in [0.25, 0.3) is 5.91 Å². The van der Waals surface area contributed by atoms with Crippen molar-refractivity contribution in [3.05, 3.63) is 11.9 Å². The van der Waals surface area contributed by atoms with Crippen molar-refractivity contribution in [1.82, 2.24) is 9.78 Å². The molecule has 0 radical (unpaired) electrons. The topological polar surface area (TPSA) is 101 Å². The van der Waals surface area contributed by atoms with Crippen LogP contribution in [0.15, 0.2) is 6.20 Å². The number of nitrogens with zero attached hydrogens (tertiary/aromatic N) is 2. The summed E-state index contributed by atoms with van der Waals surface area (Å²) in [6.07, 6.45) is 1.17. The number of aryl methyl sites for hydroxylation is 1. The first-order valence-electron chi connectivity index (χ1n) is 4.00. The van der Waals surface area contributed by atoms with Crippen LogP contribution in [0.4, 0.5) is 5.69 Å². The van der Waals surface area contributed by atoms with Gasteiger partial charge in [-0.3, -0.25) is 14.3 Å². The van der Waals surface area contributed by atoms with E-state index in [1.807, 2.05) is 0 Å². The predicted octanol–water partition coefficient (Wildman–Crippen LogP) is -0.354. The predicted molar refractivity (Wildman–Crippen MR) is 49.5 cm³/mol. The summed E-state index contributed by atoms with van der Waals surface area (Å²) in [6, 6.07) is 0. The number of carboxylic acids is 1. The summed E-state index contributed by atoms with van der Waals surface area (Å²) in [5, 5.41) is 14.6. The smallest absolute Gasteiger partial charge is 0.356 e. The van der Waals surface area contributed by atoms with Gasteiger partial charge in [0.1, 0.15) is 0 Å². The van der Waals surface area contributed by atoms with Crippen molar-refractivity contribution in [2.45, 2.75) is 6.92 Å². The zero-order chi connectivity index (χ0) is 11.6. The Balaban J connectivity index is 3.01. The van der Waals surface area contributed by atoms with E-state index in [1.165, 1.54) is 13.2 Å². The molecule has 0 aliphatic carbocycles. The Hall–Kier alpha value is -2.18. The molecule has 1 aromatic rings. The molecule has 0 unspecified atom stereocenters. The zero-order valence-corrected chi connectivity index (χ0v) is 8.14. The summed E-state index contributed by atoms with van der Waals surface area (Å²) >= 11 is 0. The molecule has 0 fully saturated rings. The Morgan fingerprint density at radius 1 is 1.47 bits per heavy atom. The van der Waals surface area contributed by atoms with Gasteiger partial charge in [-0.2, -0.15) is 5.10 Å². The molecule has 0 saturated heterocycles. The van der Waals surface area contributed by atoms with Crippen LogP contribution in [-0.4, -0.2) is 32.5 Å². The maximum atomic E-state index is 11.0. The number of carbonyl (C=O) groups excluding carboxylic acids is 2. The Kier molecular flexibility index (Phi) is 2.84. The number of aromatic nitrogens is 2. The lowest BCUT2D eigenvalue weighted by Gasteiger charge is -2.01. The van der Waals surface area contributed by atoms with Crippen LogP contribution in [0.25, 0.3) is 0 Å². The van der Waals surface area contributed by atoms with Crippen molar-refractivity contribution in [3.63, 3.8) is 0 Å². The van der Waals surface area contributed by atoms with E-state index < -0.39 is 17.7 Å². The molecule has 15 heavy (non-hydrogen) atoms. The fourth-order valence-electron chi connectivity index (χ4n) is 0.993. The third-order valence-corrected chi connectivity index (χ3v) is 1.71. The van der Waals surface area contributed by atoms with Gasteiger partial charge in [-0.1, -0.05) is 0 Å². The van der Waals surface area contributed by atoms with E-state index in [0.717, 1.165) is 11.6 Å². The van der Waals surface area contributed by atoms with Gasteiger partial charge in [0.15, 0.2) is 5.69 Å². The second-order valence-electron chi connectivity index (χ2n) is 2.85. The standard InChI is InChI=1S/C8H9N3O4/c1-4(12)7(13)10-5-3-9-11(2)6(5)8(14)15/h3H,1-2H3,(H,10,13)(H,14,15). The first-order chi connectivity index (χ1) is 6.93. The summed E-state index contributed by atoms with van der Waals surface area (Å²) in [7, 11) is 1.42. The van der Waals surface area contributed by atoms with Crippen LogP contribution in [0.1, 0.15) is 17.4 Å². The maximum Gasteiger partial charge on any atom is 0.356 e. The molecule has 80 valence electrons. The third kappa shape index (κ3) is 2.19. The number of anilines is 1. The fourth-order valence-corrected chi connectivity index (χ4v) is 0.993. The lowest BCUT2D eigenvalue weighted by molar-refractivity contribution is -0.133. The van der Waals surface area contributed by atoms with Crippen LogP contribution in [0, 0.1) is 0 Å². The fraction of sp³-hybridized carbons (Fsp3) is 0.250. The highest BCUT2D eigenvalue weighted by Gasteiger charge is 2.18. The van der Waals surface area contributed by atoms with E-state index in [9.17, 15) is 14.4 Å². The van der Waals surface area contributed by atoms with Crippen LogP contribution in [0.3, 0.4) is 0 Å². The van der Waals surface area contributed by atoms with Crippen LogP contribution >= 0.6 is 0 Å². The number of hydrogen-bond donors (Lipinski definition) is 2. The maximum absolute atomic E-state index is 11.0. The first-order valence-corrected chi connectivity index (χ1v) is 4.00. The van der Waals surface area contributed by atoms with Gasteiger partial charge < -0.3 is 10.4 Å². The van der Waals surface area contributed by atoms with Gasteiger partial charge in [0.2, 0.25) is 5.78 Å². The SMILES string of the molecule is CC(=O)C(=O)Nc1cnn(C)c1C(=O)O. The Morgan fingerprint density at radius 3 is 2.53 bits per heavy atom. The average Bonchev–Trinajstić information content (AvgIpc) is 2.46. The summed E-state index contributed by atoms with van der Waals surface area (Å²) in [5.41, 5.74) is -0.171. The minimum absolute atomic E-state index is 0.00481. The van der Waals surface area contributed by atoms with E-state index in [4.69, 9.17) is 5.11 Å². The van der Waals surface area contributed by atoms with Crippen molar-refractivity contribution in [2.24, 2.45) is 7.05 Å². The molecule has 0 bridgehead atoms. The minimum Gasteiger partial charge on any atom is -0.476 e. The van der Waals surface area contributed by atoms with E-state index in [-0.39, 0.29) is 11.4 Å². The first kappa shape index (κ1) is 10.9. The number of amides is 1. The van der Waals surface area contributed by atoms with Gasteiger partial charge in [-0.15, -0.1) is 0 Å². The van der Waals surface area contributed by atoms with Crippen molar-refractivity contribution >= 4 is 23.3 Å². The highest BCUT2D eigenvalue weighted by atomic mass is 16.4.